The molecule has 2 aromatic carbocycles. The molecule has 0 aliphatic heterocycles. The molecule has 0 bridgehead atoms. The Morgan fingerprint density at radius 3 is 2.59 bits per heavy atom. The summed E-state index contributed by atoms with van der Waals surface area (Å²) in [6, 6.07) is 18.0. The zero-order chi connectivity index (χ0) is 27.4. The first kappa shape index (κ1) is 26.8. The number of nitrogens with zero attached hydrogens (tertiary/aromatic N) is 5. The topological polar surface area (TPSA) is 105 Å². The molecule has 202 valence electrons. The second-order valence-corrected chi connectivity index (χ2v) is 10.6. The van der Waals surface area contributed by atoms with Crippen molar-refractivity contribution in [2.45, 2.75) is 70.4 Å². The van der Waals surface area contributed by atoms with Crippen LogP contribution in [0.25, 0.3) is 16.9 Å². The van der Waals surface area contributed by atoms with Crippen molar-refractivity contribution >= 4 is 5.78 Å². The van der Waals surface area contributed by atoms with E-state index in [0.717, 1.165) is 66.5 Å². The van der Waals surface area contributed by atoms with E-state index in [4.69, 9.17) is 4.74 Å². The molecule has 0 atom stereocenters. The number of nitriles is 1. The minimum atomic E-state index is -0.288. The molecule has 2 aromatic heterocycles. The van der Waals surface area contributed by atoms with Crippen molar-refractivity contribution in [3.63, 3.8) is 0 Å². The van der Waals surface area contributed by atoms with E-state index >= 15 is 0 Å². The maximum atomic E-state index is 14.2. The summed E-state index contributed by atoms with van der Waals surface area (Å²) in [7, 11) is 0. The van der Waals surface area contributed by atoms with E-state index in [1.807, 2.05) is 57.6 Å². The van der Waals surface area contributed by atoms with Gasteiger partial charge in [0.1, 0.15) is 6.33 Å². The number of rotatable bonds is 9. The first-order chi connectivity index (χ1) is 19.0. The van der Waals surface area contributed by atoms with Crippen LogP contribution in [-0.4, -0.2) is 43.1 Å². The van der Waals surface area contributed by atoms with E-state index in [2.05, 4.69) is 30.0 Å². The Hall–Kier alpha value is -3.80. The summed E-state index contributed by atoms with van der Waals surface area (Å²) in [5.41, 5.74) is 4.93. The van der Waals surface area contributed by atoms with E-state index < -0.39 is 0 Å². The smallest absolute Gasteiger partial charge is 0.259 e. The van der Waals surface area contributed by atoms with Gasteiger partial charge in [-0.2, -0.15) is 15.3 Å². The fourth-order valence-corrected chi connectivity index (χ4v) is 5.82. The van der Waals surface area contributed by atoms with Gasteiger partial charge >= 0.3 is 0 Å². The van der Waals surface area contributed by atoms with Crippen molar-refractivity contribution < 1.29 is 9.84 Å². The number of aryl methyl sites for hydroxylation is 1. The molecule has 0 radical (unpaired) electrons. The maximum Gasteiger partial charge on any atom is 0.259 e. The second kappa shape index (κ2) is 11.5. The predicted molar refractivity (Wildman–Crippen MR) is 150 cm³/mol. The lowest BCUT2D eigenvalue weighted by Crippen LogP contribution is -2.39. The third-order valence-electron chi connectivity index (χ3n) is 7.93. The van der Waals surface area contributed by atoms with Crippen molar-refractivity contribution in [1.82, 2.24) is 19.2 Å². The van der Waals surface area contributed by atoms with Gasteiger partial charge in [0.15, 0.2) is 0 Å². The number of fused-ring (bicyclic) bond motifs is 1. The Morgan fingerprint density at radius 1 is 1.15 bits per heavy atom. The molecule has 1 aliphatic carbocycles. The van der Waals surface area contributed by atoms with Crippen LogP contribution in [0.3, 0.4) is 0 Å². The van der Waals surface area contributed by atoms with Crippen LogP contribution in [0.4, 0.5) is 0 Å². The van der Waals surface area contributed by atoms with Crippen molar-refractivity contribution in [3.8, 4) is 17.2 Å². The molecule has 4 aromatic rings. The van der Waals surface area contributed by atoms with Crippen LogP contribution in [-0.2, 0) is 17.6 Å². The monoisotopic (exact) mass is 525 g/mol. The van der Waals surface area contributed by atoms with Gasteiger partial charge in [-0.05, 0) is 61.8 Å². The zero-order valence-corrected chi connectivity index (χ0v) is 22.6. The van der Waals surface area contributed by atoms with E-state index in [9.17, 15) is 15.2 Å². The standard InChI is InChI=1S/C31H35N5O3/c1-3-6-28-27(19-22-9-11-23(12-10-22)26-8-5-4-7-24(26)20-32)29(38)35(30-33-21-34-36(28)30)25-13-15-31(2,16-14-25)39-18-17-37/h4-5,7-12,21,25,37H,3,6,13-19H2,1-2H3/t25-,31+. The molecular weight excluding hydrogens is 490 g/mol. The first-order valence-corrected chi connectivity index (χ1v) is 13.8. The molecule has 1 aliphatic rings. The third kappa shape index (κ3) is 5.38. The number of benzene rings is 2. The summed E-state index contributed by atoms with van der Waals surface area (Å²) in [6.45, 7) is 4.52. The van der Waals surface area contributed by atoms with Gasteiger partial charge in [0.2, 0.25) is 5.78 Å². The van der Waals surface area contributed by atoms with E-state index in [-0.39, 0.29) is 23.8 Å². The Balaban J connectivity index is 1.50. The maximum absolute atomic E-state index is 14.2. The average molecular weight is 526 g/mol. The normalized spacial score (nSPS) is 19.3. The fraction of sp³-hybridized carbons (Fsp3) is 0.419. The second-order valence-electron chi connectivity index (χ2n) is 10.6. The molecule has 8 nitrogen and oxygen atoms in total. The van der Waals surface area contributed by atoms with Gasteiger partial charge in [-0.1, -0.05) is 55.8 Å². The van der Waals surface area contributed by atoms with Gasteiger partial charge < -0.3 is 9.84 Å². The highest BCUT2D eigenvalue weighted by Crippen LogP contribution is 2.37. The highest BCUT2D eigenvalue weighted by atomic mass is 16.5. The number of aromatic nitrogens is 4. The molecule has 8 heteroatoms. The molecule has 5 rings (SSSR count). The van der Waals surface area contributed by atoms with Crippen LogP contribution in [0, 0.1) is 11.3 Å². The van der Waals surface area contributed by atoms with Crippen molar-refractivity contribution in [2.24, 2.45) is 0 Å². The van der Waals surface area contributed by atoms with Gasteiger partial charge in [-0.15, -0.1) is 0 Å². The molecule has 1 saturated carbocycles. The summed E-state index contributed by atoms with van der Waals surface area (Å²) >= 11 is 0. The van der Waals surface area contributed by atoms with Crippen LogP contribution in [0.1, 0.15) is 74.4 Å². The Bertz CT molecular complexity index is 1540. The largest absolute Gasteiger partial charge is 0.394 e. The van der Waals surface area contributed by atoms with Gasteiger partial charge in [-0.25, -0.2) is 4.52 Å². The highest BCUT2D eigenvalue weighted by molar-refractivity contribution is 5.70. The van der Waals surface area contributed by atoms with Gasteiger partial charge in [0.05, 0.1) is 36.1 Å². The van der Waals surface area contributed by atoms with Crippen molar-refractivity contribution in [1.29, 1.82) is 5.26 Å². The van der Waals surface area contributed by atoms with Crippen molar-refractivity contribution in [3.05, 3.63) is 87.6 Å². The Morgan fingerprint density at radius 2 is 1.90 bits per heavy atom. The summed E-state index contributed by atoms with van der Waals surface area (Å²) in [4.78, 5) is 18.7. The lowest BCUT2D eigenvalue weighted by molar-refractivity contribution is -0.0736. The number of aliphatic hydroxyl groups excluding tert-OH is 1. The zero-order valence-electron chi connectivity index (χ0n) is 22.6. The summed E-state index contributed by atoms with van der Waals surface area (Å²) in [5.74, 6) is 0.598. The van der Waals surface area contributed by atoms with Crippen LogP contribution in [0.5, 0.6) is 0 Å². The lowest BCUT2D eigenvalue weighted by Gasteiger charge is -2.38. The summed E-state index contributed by atoms with van der Waals surface area (Å²) < 4.78 is 9.63. The van der Waals surface area contributed by atoms with E-state index in [0.29, 0.717) is 24.4 Å². The predicted octanol–water partition coefficient (Wildman–Crippen LogP) is 4.86. The first-order valence-electron chi connectivity index (χ1n) is 13.8. The minimum Gasteiger partial charge on any atom is -0.394 e. The quantitative estimate of drug-likeness (QED) is 0.335. The van der Waals surface area contributed by atoms with E-state index in [1.54, 1.807) is 0 Å². The van der Waals surface area contributed by atoms with Crippen LogP contribution in [0.2, 0.25) is 0 Å². The van der Waals surface area contributed by atoms with Crippen LogP contribution < -0.4 is 5.56 Å². The molecule has 1 fully saturated rings. The molecule has 39 heavy (non-hydrogen) atoms. The SMILES string of the molecule is CCCc1c(Cc2ccc(-c3ccccc3C#N)cc2)c(=O)n([C@H]2CC[C@@](C)(OCCO)CC2)c2ncnn12. The number of aliphatic hydroxyl groups is 1. The van der Waals surface area contributed by atoms with Gasteiger partial charge in [-0.3, -0.25) is 9.36 Å². The van der Waals surface area contributed by atoms with Gasteiger partial charge in [0, 0.05) is 18.0 Å². The highest BCUT2D eigenvalue weighted by Gasteiger charge is 2.34. The molecule has 0 unspecified atom stereocenters. The Kier molecular flexibility index (Phi) is 7.92. The fourth-order valence-electron chi connectivity index (χ4n) is 5.82. The minimum absolute atomic E-state index is 0.00253. The summed E-state index contributed by atoms with van der Waals surface area (Å²) in [5, 5.41) is 23.2. The average Bonchev–Trinajstić information content (AvgIpc) is 3.45. The molecular formula is C31H35N5O3. The molecule has 2 heterocycles. The number of hydrogen-bond donors (Lipinski definition) is 1. The van der Waals surface area contributed by atoms with Crippen LogP contribution in [0.15, 0.2) is 59.7 Å². The van der Waals surface area contributed by atoms with E-state index in [1.165, 1.54) is 6.33 Å². The van der Waals surface area contributed by atoms with Gasteiger partial charge in [0.25, 0.3) is 5.56 Å². The Labute approximate surface area is 228 Å². The molecule has 0 amide bonds. The number of ether oxygens (including phenoxy) is 1. The number of hydrogen-bond acceptors (Lipinski definition) is 6. The third-order valence-corrected chi connectivity index (χ3v) is 7.93. The lowest BCUT2D eigenvalue weighted by atomic mass is 9.83. The molecule has 1 N–H and O–H groups in total. The van der Waals surface area contributed by atoms with Crippen molar-refractivity contribution in [2.75, 3.05) is 13.2 Å². The summed E-state index contributed by atoms with van der Waals surface area (Å²) in [6.07, 6.45) is 6.86. The molecule has 0 spiro atoms. The molecule has 0 saturated heterocycles. The van der Waals surface area contributed by atoms with Crippen LogP contribution >= 0.6 is 0 Å².